The van der Waals surface area contributed by atoms with E-state index < -0.39 is 5.60 Å². The Labute approximate surface area is 133 Å². The molecule has 1 N–H and O–H groups in total. The minimum absolute atomic E-state index is 0.336. The molecule has 0 atom stereocenters. The van der Waals surface area contributed by atoms with Gasteiger partial charge >= 0.3 is 0 Å². The number of nitrogens with one attached hydrogen (secondary N) is 1. The highest BCUT2D eigenvalue weighted by Crippen LogP contribution is 2.34. The number of rotatable bonds is 5. The van der Waals surface area contributed by atoms with Crippen LogP contribution in [0.25, 0.3) is 0 Å². The normalized spacial score (nSPS) is 11.2. The molecule has 3 aromatic rings. The van der Waals surface area contributed by atoms with E-state index in [9.17, 15) is 4.79 Å². The molecule has 5 nitrogen and oxygen atoms in total. The number of carbonyl (C=O) groups is 1. The maximum Gasteiger partial charge on any atom is 0.267 e. The van der Waals surface area contributed by atoms with E-state index in [-0.39, 0.29) is 5.91 Å². The molecule has 0 radical (unpaired) electrons. The van der Waals surface area contributed by atoms with E-state index in [4.69, 9.17) is 9.26 Å². The Balaban J connectivity index is 2.11. The number of methoxy groups -OCH3 is 1. The molecular formula is C18H16N2O3. The van der Waals surface area contributed by atoms with Gasteiger partial charge in [0.05, 0.1) is 0 Å². The van der Waals surface area contributed by atoms with Crippen LogP contribution in [0.15, 0.2) is 77.5 Å². The number of hydrogen-bond donors (Lipinski definition) is 1. The van der Waals surface area contributed by atoms with Gasteiger partial charge in [-0.3, -0.25) is 4.79 Å². The van der Waals surface area contributed by atoms with Crippen molar-refractivity contribution in [2.75, 3.05) is 12.4 Å². The van der Waals surface area contributed by atoms with Gasteiger partial charge in [0.15, 0.2) is 11.4 Å². The molecule has 3 rings (SSSR count). The van der Waals surface area contributed by atoms with Crippen LogP contribution < -0.4 is 5.32 Å². The lowest BCUT2D eigenvalue weighted by molar-refractivity contribution is -0.134. The largest absolute Gasteiger partial charge is 0.363 e. The smallest absolute Gasteiger partial charge is 0.267 e. The second kappa shape index (κ2) is 6.46. The molecule has 0 aliphatic rings. The number of ether oxygens (including phenoxy) is 1. The predicted octanol–water partition coefficient (Wildman–Crippen LogP) is 3.20. The maximum atomic E-state index is 13.0. The van der Waals surface area contributed by atoms with Crippen LogP contribution in [0, 0.1) is 0 Å². The van der Waals surface area contributed by atoms with E-state index in [0.717, 1.165) is 11.1 Å². The molecule has 0 saturated carbocycles. The summed E-state index contributed by atoms with van der Waals surface area (Å²) in [7, 11) is 1.52. The van der Waals surface area contributed by atoms with Crippen molar-refractivity contribution in [2.45, 2.75) is 5.60 Å². The monoisotopic (exact) mass is 308 g/mol. The molecule has 0 aliphatic carbocycles. The average Bonchev–Trinajstić information content (AvgIpc) is 3.11. The molecule has 23 heavy (non-hydrogen) atoms. The maximum absolute atomic E-state index is 13.0. The molecule has 0 spiro atoms. The van der Waals surface area contributed by atoms with Crippen molar-refractivity contribution in [2.24, 2.45) is 0 Å². The summed E-state index contributed by atoms with van der Waals surface area (Å²) in [6.07, 6.45) is 1.40. The van der Waals surface area contributed by atoms with Gasteiger partial charge in [0, 0.05) is 13.2 Å². The van der Waals surface area contributed by atoms with Crippen LogP contribution in [0.5, 0.6) is 0 Å². The van der Waals surface area contributed by atoms with Crippen molar-refractivity contribution in [3.63, 3.8) is 0 Å². The van der Waals surface area contributed by atoms with Crippen LogP contribution in [0.3, 0.4) is 0 Å². The first-order valence-corrected chi connectivity index (χ1v) is 7.15. The van der Waals surface area contributed by atoms with Crippen LogP contribution in [-0.2, 0) is 15.1 Å². The first-order valence-electron chi connectivity index (χ1n) is 7.15. The van der Waals surface area contributed by atoms with Gasteiger partial charge in [0.2, 0.25) is 0 Å². The summed E-state index contributed by atoms with van der Waals surface area (Å²) >= 11 is 0. The first-order chi connectivity index (χ1) is 11.3. The van der Waals surface area contributed by atoms with Crippen molar-refractivity contribution in [3.8, 4) is 0 Å². The summed E-state index contributed by atoms with van der Waals surface area (Å²) in [6.45, 7) is 0. The summed E-state index contributed by atoms with van der Waals surface area (Å²) < 4.78 is 10.5. The average molecular weight is 308 g/mol. The van der Waals surface area contributed by atoms with E-state index >= 15 is 0 Å². The Morgan fingerprint density at radius 3 is 2.00 bits per heavy atom. The molecule has 5 heteroatoms. The van der Waals surface area contributed by atoms with Gasteiger partial charge in [-0.25, -0.2) is 0 Å². The van der Waals surface area contributed by atoms with E-state index in [1.54, 1.807) is 6.07 Å². The number of amides is 1. The summed E-state index contributed by atoms with van der Waals surface area (Å²) in [5.41, 5.74) is 0.186. The van der Waals surface area contributed by atoms with E-state index in [1.165, 1.54) is 13.4 Å². The lowest BCUT2D eigenvalue weighted by atomic mass is 9.85. The van der Waals surface area contributed by atoms with Crippen molar-refractivity contribution in [1.82, 2.24) is 5.16 Å². The Hall–Kier alpha value is -2.92. The lowest BCUT2D eigenvalue weighted by Crippen LogP contribution is -2.43. The summed E-state index contributed by atoms with van der Waals surface area (Å²) in [5.74, 6) is -0.00501. The van der Waals surface area contributed by atoms with Crippen molar-refractivity contribution in [1.29, 1.82) is 0 Å². The quantitative estimate of drug-likeness (QED) is 0.786. The third-order valence-corrected chi connectivity index (χ3v) is 3.67. The van der Waals surface area contributed by atoms with Gasteiger partial charge in [-0.05, 0) is 11.1 Å². The van der Waals surface area contributed by atoms with Gasteiger partial charge in [-0.1, -0.05) is 65.8 Å². The molecular weight excluding hydrogens is 292 g/mol. The zero-order valence-electron chi connectivity index (χ0n) is 12.6. The molecule has 1 aromatic heterocycles. The standard InChI is InChI=1S/C18H16N2O3/c1-22-18(14-8-4-2-5-9-14,15-10-6-3-7-11-15)17(21)19-16-12-13-23-20-16/h2-13H,1H3,(H,19,20,21). The number of hydrogen-bond acceptors (Lipinski definition) is 4. The third kappa shape index (κ3) is 2.74. The molecule has 1 amide bonds. The number of benzene rings is 2. The van der Waals surface area contributed by atoms with Gasteiger partial charge in [0.25, 0.3) is 5.91 Å². The Morgan fingerprint density at radius 2 is 1.57 bits per heavy atom. The minimum atomic E-state index is -1.28. The topological polar surface area (TPSA) is 64.4 Å². The summed E-state index contributed by atoms with van der Waals surface area (Å²) in [4.78, 5) is 13.0. The van der Waals surface area contributed by atoms with Gasteiger partial charge in [-0.2, -0.15) is 0 Å². The van der Waals surface area contributed by atoms with Crippen molar-refractivity contribution in [3.05, 3.63) is 84.1 Å². The molecule has 1 heterocycles. The zero-order valence-corrected chi connectivity index (χ0v) is 12.6. The van der Waals surface area contributed by atoms with Crippen LogP contribution in [0.2, 0.25) is 0 Å². The summed E-state index contributed by atoms with van der Waals surface area (Å²) in [5, 5.41) is 6.47. The number of anilines is 1. The highest BCUT2D eigenvalue weighted by Gasteiger charge is 2.42. The second-order valence-electron chi connectivity index (χ2n) is 4.96. The molecule has 0 aliphatic heterocycles. The minimum Gasteiger partial charge on any atom is -0.363 e. The fourth-order valence-electron chi connectivity index (χ4n) is 2.58. The summed E-state index contributed by atoms with van der Waals surface area (Å²) in [6, 6.07) is 20.3. The first kappa shape index (κ1) is 15.0. The van der Waals surface area contributed by atoms with Crippen LogP contribution >= 0.6 is 0 Å². The SMILES string of the molecule is COC(C(=O)Nc1ccon1)(c1ccccc1)c1ccccc1. The molecule has 0 unspecified atom stereocenters. The van der Waals surface area contributed by atoms with Crippen molar-refractivity contribution >= 4 is 11.7 Å². The fraction of sp³-hybridized carbons (Fsp3) is 0.111. The van der Waals surface area contributed by atoms with Gasteiger partial charge in [0.1, 0.15) is 6.26 Å². The molecule has 116 valence electrons. The molecule has 0 saturated heterocycles. The molecule has 2 aromatic carbocycles. The molecule has 0 fully saturated rings. The van der Waals surface area contributed by atoms with Gasteiger partial charge < -0.3 is 14.6 Å². The Bertz CT molecular complexity index is 716. The van der Waals surface area contributed by atoms with Gasteiger partial charge in [-0.15, -0.1) is 0 Å². The van der Waals surface area contributed by atoms with Crippen molar-refractivity contribution < 1.29 is 14.1 Å². The van der Waals surface area contributed by atoms with Crippen LogP contribution in [0.4, 0.5) is 5.82 Å². The Kier molecular flexibility index (Phi) is 4.21. The second-order valence-corrected chi connectivity index (χ2v) is 4.96. The number of aromatic nitrogens is 1. The van der Waals surface area contributed by atoms with E-state index in [2.05, 4.69) is 10.5 Å². The lowest BCUT2D eigenvalue weighted by Gasteiger charge is -2.31. The van der Waals surface area contributed by atoms with E-state index in [1.807, 2.05) is 60.7 Å². The third-order valence-electron chi connectivity index (χ3n) is 3.67. The highest BCUT2D eigenvalue weighted by atomic mass is 16.5. The zero-order chi connectivity index (χ0) is 16.1. The van der Waals surface area contributed by atoms with Crippen LogP contribution in [0.1, 0.15) is 11.1 Å². The molecule has 0 bridgehead atoms. The highest BCUT2D eigenvalue weighted by molar-refractivity contribution is 6.00. The van der Waals surface area contributed by atoms with Crippen LogP contribution in [-0.4, -0.2) is 18.2 Å². The van der Waals surface area contributed by atoms with E-state index in [0.29, 0.717) is 5.82 Å². The predicted molar refractivity (Wildman–Crippen MR) is 85.8 cm³/mol. The number of nitrogens with zero attached hydrogens (tertiary/aromatic N) is 1. The Morgan fingerprint density at radius 1 is 1.00 bits per heavy atom. The fourth-order valence-corrected chi connectivity index (χ4v) is 2.58. The number of carbonyl (C=O) groups excluding carboxylic acids is 1.